The fraction of sp³-hybridized carbons (Fsp3) is 0.533. The van der Waals surface area contributed by atoms with Crippen LogP contribution in [0, 0.1) is 10.1 Å². The fourth-order valence-corrected chi connectivity index (χ4v) is 2.99. The number of ether oxygens (including phenoxy) is 1. The van der Waals surface area contributed by atoms with Crippen LogP contribution in [0.3, 0.4) is 0 Å². The van der Waals surface area contributed by atoms with Gasteiger partial charge in [0.1, 0.15) is 0 Å². The summed E-state index contributed by atoms with van der Waals surface area (Å²) in [7, 11) is 0. The second-order valence-corrected chi connectivity index (χ2v) is 5.98. The molecule has 24 heavy (non-hydrogen) atoms. The third-order valence-electron chi connectivity index (χ3n) is 3.77. The van der Waals surface area contributed by atoms with Crippen LogP contribution in [0.5, 0.6) is 0 Å². The van der Waals surface area contributed by atoms with Gasteiger partial charge in [0, 0.05) is 50.1 Å². The van der Waals surface area contributed by atoms with E-state index in [-0.39, 0.29) is 11.6 Å². The highest BCUT2D eigenvalue weighted by Crippen LogP contribution is 2.27. The number of nitrogens with zero attached hydrogens (tertiary/aromatic N) is 3. The number of hydrogen-bond donors (Lipinski definition) is 0. The van der Waals surface area contributed by atoms with Crippen molar-refractivity contribution in [2.45, 2.75) is 0 Å². The Kier molecular flexibility index (Phi) is 7.08. The lowest BCUT2D eigenvalue weighted by atomic mass is 10.1. The molecule has 1 aromatic rings. The maximum absolute atomic E-state index is 12.9. The molecule has 2 rings (SSSR count). The summed E-state index contributed by atoms with van der Waals surface area (Å²) in [5.74, 6) is 0.476. The van der Waals surface area contributed by atoms with E-state index in [1.165, 1.54) is 12.1 Å². The quantitative estimate of drug-likeness (QED) is 0.415. The van der Waals surface area contributed by atoms with Crippen LogP contribution in [0.15, 0.2) is 18.2 Å². The number of non-ortho nitro benzene ring substituents is 1. The van der Waals surface area contributed by atoms with E-state index in [1.54, 1.807) is 11.0 Å². The highest BCUT2D eigenvalue weighted by atomic mass is 35.5. The summed E-state index contributed by atoms with van der Waals surface area (Å²) < 4.78 is 5.26. The molecule has 0 aromatic heterocycles. The van der Waals surface area contributed by atoms with Gasteiger partial charge in [0.15, 0.2) is 0 Å². The number of alkyl halides is 2. The van der Waals surface area contributed by atoms with Gasteiger partial charge in [0.2, 0.25) is 0 Å². The normalized spacial score (nSPS) is 14.5. The molecule has 0 saturated carbocycles. The Labute approximate surface area is 150 Å². The first-order valence-electron chi connectivity index (χ1n) is 7.60. The molecule has 1 saturated heterocycles. The number of amides is 1. The van der Waals surface area contributed by atoms with Gasteiger partial charge in [0.05, 0.1) is 29.4 Å². The highest BCUT2D eigenvalue weighted by molar-refractivity contribution is 6.18. The standard InChI is InChI=1S/C15H19Cl2N3O4/c16-3-5-18(6-4-17)14-2-1-12(20(22)23)11-13(14)15(21)19-7-9-24-10-8-19/h1-2,11H,3-10H2. The first-order valence-corrected chi connectivity index (χ1v) is 8.67. The van der Waals surface area contributed by atoms with E-state index >= 15 is 0 Å². The molecule has 0 unspecified atom stereocenters. The van der Waals surface area contributed by atoms with Crippen LogP contribution in [0.4, 0.5) is 11.4 Å². The lowest BCUT2D eigenvalue weighted by Gasteiger charge is -2.30. The van der Waals surface area contributed by atoms with E-state index in [0.717, 1.165) is 0 Å². The molecule has 1 aliphatic rings. The number of nitro benzene ring substituents is 1. The van der Waals surface area contributed by atoms with Crippen LogP contribution in [0.2, 0.25) is 0 Å². The van der Waals surface area contributed by atoms with Gasteiger partial charge in [-0.2, -0.15) is 0 Å². The predicted molar refractivity (Wildman–Crippen MR) is 93.5 cm³/mol. The second kappa shape index (κ2) is 9.05. The van der Waals surface area contributed by atoms with Crippen LogP contribution in [-0.4, -0.2) is 66.9 Å². The van der Waals surface area contributed by atoms with E-state index in [9.17, 15) is 14.9 Å². The van der Waals surface area contributed by atoms with Crippen LogP contribution in [-0.2, 0) is 4.74 Å². The molecule has 0 spiro atoms. The Morgan fingerprint density at radius 2 is 1.88 bits per heavy atom. The molecule has 0 aliphatic carbocycles. The smallest absolute Gasteiger partial charge is 0.270 e. The van der Waals surface area contributed by atoms with Gasteiger partial charge < -0.3 is 14.5 Å². The molecule has 132 valence electrons. The summed E-state index contributed by atoms with van der Waals surface area (Å²) in [6, 6.07) is 4.30. The molecule has 1 amide bonds. The third kappa shape index (κ3) is 4.49. The molecule has 1 aliphatic heterocycles. The largest absolute Gasteiger partial charge is 0.378 e. The van der Waals surface area contributed by atoms with Crippen molar-refractivity contribution >= 4 is 40.5 Å². The van der Waals surface area contributed by atoms with Crippen LogP contribution >= 0.6 is 23.2 Å². The molecule has 1 aromatic carbocycles. The number of halogens is 2. The van der Waals surface area contributed by atoms with Crippen molar-refractivity contribution in [1.82, 2.24) is 4.90 Å². The Bertz CT molecular complexity index is 588. The van der Waals surface area contributed by atoms with Crippen molar-refractivity contribution in [1.29, 1.82) is 0 Å². The van der Waals surface area contributed by atoms with E-state index in [1.807, 2.05) is 4.90 Å². The molecule has 0 radical (unpaired) electrons. The SMILES string of the molecule is O=C(c1cc([N+](=O)[O-])ccc1N(CCCl)CCCl)N1CCOCC1. The molecular formula is C15H19Cl2N3O4. The Morgan fingerprint density at radius 1 is 1.25 bits per heavy atom. The summed E-state index contributed by atoms with van der Waals surface area (Å²) >= 11 is 11.7. The number of carbonyl (C=O) groups is 1. The van der Waals surface area contributed by atoms with Gasteiger partial charge in [-0.1, -0.05) is 0 Å². The molecule has 7 nitrogen and oxygen atoms in total. The number of morpholine rings is 1. The first kappa shape index (κ1) is 18.8. The molecular weight excluding hydrogens is 357 g/mol. The van der Waals surface area contributed by atoms with Gasteiger partial charge in [0.25, 0.3) is 11.6 Å². The lowest BCUT2D eigenvalue weighted by Crippen LogP contribution is -2.41. The summed E-state index contributed by atoms with van der Waals surface area (Å²) in [6.45, 7) is 2.84. The zero-order chi connectivity index (χ0) is 17.5. The zero-order valence-corrected chi connectivity index (χ0v) is 14.6. The summed E-state index contributed by atoms with van der Waals surface area (Å²) in [6.07, 6.45) is 0. The molecule has 9 heteroatoms. The summed E-state index contributed by atoms with van der Waals surface area (Å²) in [5.41, 5.74) is 0.784. The molecule has 0 atom stereocenters. The number of hydrogen-bond acceptors (Lipinski definition) is 5. The van der Waals surface area contributed by atoms with Gasteiger partial charge in [-0.05, 0) is 6.07 Å². The summed E-state index contributed by atoms with van der Waals surface area (Å²) in [4.78, 5) is 27.0. The third-order valence-corrected chi connectivity index (χ3v) is 4.11. The second-order valence-electron chi connectivity index (χ2n) is 5.23. The van der Waals surface area contributed by atoms with Crippen LogP contribution in [0.25, 0.3) is 0 Å². The minimum absolute atomic E-state index is 0.118. The van der Waals surface area contributed by atoms with Gasteiger partial charge in [-0.15, -0.1) is 23.2 Å². The van der Waals surface area contributed by atoms with E-state index in [4.69, 9.17) is 27.9 Å². The van der Waals surface area contributed by atoms with Gasteiger partial charge in [-0.3, -0.25) is 14.9 Å². The molecule has 1 fully saturated rings. The van der Waals surface area contributed by atoms with E-state index in [2.05, 4.69) is 0 Å². The van der Waals surface area contributed by atoms with Crippen molar-refractivity contribution in [2.75, 3.05) is 56.1 Å². The molecule has 1 heterocycles. The Hall–Kier alpha value is -1.57. The predicted octanol–water partition coefficient (Wildman–Crippen LogP) is 2.35. The van der Waals surface area contributed by atoms with Crippen LogP contribution < -0.4 is 4.90 Å². The molecule has 0 N–H and O–H groups in total. The van der Waals surface area contributed by atoms with E-state index in [0.29, 0.717) is 62.4 Å². The monoisotopic (exact) mass is 375 g/mol. The Balaban J connectivity index is 2.41. The topological polar surface area (TPSA) is 75.9 Å². The van der Waals surface area contributed by atoms with Crippen molar-refractivity contribution in [3.63, 3.8) is 0 Å². The minimum atomic E-state index is -0.507. The number of carbonyl (C=O) groups excluding carboxylic acids is 1. The average molecular weight is 376 g/mol. The maximum Gasteiger partial charge on any atom is 0.270 e. The number of nitro groups is 1. The summed E-state index contributed by atoms with van der Waals surface area (Å²) in [5, 5.41) is 11.1. The average Bonchev–Trinajstić information content (AvgIpc) is 2.61. The van der Waals surface area contributed by atoms with Crippen molar-refractivity contribution < 1.29 is 14.5 Å². The van der Waals surface area contributed by atoms with Gasteiger partial charge in [-0.25, -0.2) is 0 Å². The van der Waals surface area contributed by atoms with Gasteiger partial charge >= 0.3 is 0 Å². The number of anilines is 1. The van der Waals surface area contributed by atoms with Crippen molar-refractivity contribution in [3.8, 4) is 0 Å². The van der Waals surface area contributed by atoms with Crippen LogP contribution in [0.1, 0.15) is 10.4 Å². The number of benzene rings is 1. The Morgan fingerprint density at radius 3 is 2.42 bits per heavy atom. The minimum Gasteiger partial charge on any atom is -0.378 e. The van der Waals surface area contributed by atoms with E-state index < -0.39 is 4.92 Å². The molecule has 0 bridgehead atoms. The van der Waals surface area contributed by atoms with Crippen molar-refractivity contribution in [2.24, 2.45) is 0 Å². The number of rotatable bonds is 7. The first-order chi connectivity index (χ1) is 11.6. The zero-order valence-electron chi connectivity index (χ0n) is 13.1. The fourth-order valence-electron chi connectivity index (χ4n) is 2.58. The maximum atomic E-state index is 12.9. The lowest BCUT2D eigenvalue weighted by molar-refractivity contribution is -0.384. The van der Waals surface area contributed by atoms with Crippen molar-refractivity contribution in [3.05, 3.63) is 33.9 Å². The highest BCUT2D eigenvalue weighted by Gasteiger charge is 2.25.